The topological polar surface area (TPSA) is 103 Å². The fourth-order valence-electron chi connectivity index (χ4n) is 4.20. The predicted octanol–water partition coefficient (Wildman–Crippen LogP) is 3.12. The van der Waals surface area contributed by atoms with Crippen molar-refractivity contribution in [2.45, 2.75) is 19.0 Å². The van der Waals surface area contributed by atoms with Crippen LogP contribution < -0.4 is 20.1 Å². The van der Waals surface area contributed by atoms with Gasteiger partial charge < -0.3 is 30.3 Å². The Bertz CT molecular complexity index is 1160. The van der Waals surface area contributed by atoms with Crippen LogP contribution in [0.4, 0.5) is 14.9 Å². The molecule has 186 valence electrons. The van der Waals surface area contributed by atoms with Crippen molar-refractivity contribution in [3.63, 3.8) is 0 Å². The van der Waals surface area contributed by atoms with Crippen LogP contribution in [0.3, 0.4) is 0 Å². The fourth-order valence-corrected chi connectivity index (χ4v) is 4.20. The third kappa shape index (κ3) is 6.82. The number of aliphatic hydroxyl groups excluding tert-OH is 2. The van der Waals surface area contributed by atoms with Crippen molar-refractivity contribution in [3.05, 3.63) is 66.0 Å². The van der Waals surface area contributed by atoms with Crippen molar-refractivity contribution in [2.24, 2.45) is 0 Å². The normalized spacial score (nSPS) is 15.8. The van der Waals surface area contributed by atoms with Crippen LogP contribution in [-0.2, 0) is 6.54 Å². The predicted molar refractivity (Wildman–Crippen MR) is 131 cm³/mol. The second kappa shape index (κ2) is 11.8. The van der Waals surface area contributed by atoms with E-state index >= 15 is 0 Å². The van der Waals surface area contributed by atoms with Gasteiger partial charge in [0.1, 0.15) is 19.0 Å². The first-order valence-corrected chi connectivity index (χ1v) is 11.6. The molecule has 0 spiro atoms. The number of benzene rings is 3. The van der Waals surface area contributed by atoms with Crippen molar-refractivity contribution in [3.8, 4) is 11.5 Å². The molecule has 4 rings (SSSR count). The number of likely N-dealkylation sites (tertiary alicyclic amines) is 1. The Hall–Kier alpha value is -3.40. The Morgan fingerprint density at radius 2 is 1.71 bits per heavy atom. The highest BCUT2D eigenvalue weighted by Gasteiger charge is 2.24. The van der Waals surface area contributed by atoms with Gasteiger partial charge in [0.25, 0.3) is 0 Å². The summed E-state index contributed by atoms with van der Waals surface area (Å²) in [6, 6.07) is 15.5. The molecule has 1 atom stereocenters. The highest BCUT2D eigenvalue weighted by molar-refractivity contribution is 5.90. The maximum Gasteiger partial charge on any atom is 0.319 e. The van der Waals surface area contributed by atoms with Crippen LogP contribution in [0.25, 0.3) is 10.8 Å². The zero-order valence-electron chi connectivity index (χ0n) is 19.4. The summed E-state index contributed by atoms with van der Waals surface area (Å²) in [6.07, 6.45) is 0.838. The van der Waals surface area contributed by atoms with E-state index < -0.39 is 0 Å². The van der Waals surface area contributed by atoms with Gasteiger partial charge in [-0.25, -0.2) is 9.18 Å². The molecule has 9 heteroatoms. The zero-order chi connectivity index (χ0) is 24.6. The monoisotopic (exact) mass is 483 g/mol. The maximum absolute atomic E-state index is 13.4. The zero-order valence-corrected chi connectivity index (χ0v) is 19.4. The van der Waals surface area contributed by atoms with Crippen molar-refractivity contribution in [2.75, 3.05) is 44.8 Å². The Labute approximate surface area is 203 Å². The van der Waals surface area contributed by atoms with Crippen LogP contribution in [0.5, 0.6) is 11.5 Å². The number of amides is 2. The lowest BCUT2D eigenvalue weighted by atomic mass is 10.1. The van der Waals surface area contributed by atoms with Gasteiger partial charge in [-0.2, -0.15) is 0 Å². The molecular formula is C26H30FN3O5. The molecular weight excluding hydrogens is 453 g/mol. The number of aliphatic hydroxyl groups is 2. The number of nitrogens with one attached hydrogen (secondary N) is 2. The van der Waals surface area contributed by atoms with Crippen LogP contribution >= 0.6 is 0 Å². The number of nitrogens with zero attached hydrogens (tertiary/aromatic N) is 1. The minimum absolute atomic E-state index is 0.0156. The number of hydrogen-bond acceptors (Lipinski definition) is 6. The van der Waals surface area contributed by atoms with Gasteiger partial charge >= 0.3 is 6.03 Å². The Morgan fingerprint density at radius 3 is 2.51 bits per heavy atom. The summed E-state index contributed by atoms with van der Waals surface area (Å²) in [4.78, 5) is 14.9. The lowest BCUT2D eigenvalue weighted by Gasteiger charge is -2.18. The summed E-state index contributed by atoms with van der Waals surface area (Å²) < 4.78 is 24.3. The van der Waals surface area contributed by atoms with Crippen molar-refractivity contribution >= 4 is 22.5 Å². The van der Waals surface area contributed by atoms with E-state index in [0.29, 0.717) is 17.2 Å². The largest absolute Gasteiger partial charge is 0.487 e. The van der Waals surface area contributed by atoms with Crippen LogP contribution in [0.15, 0.2) is 54.6 Å². The molecule has 3 aromatic rings. The summed E-state index contributed by atoms with van der Waals surface area (Å²) in [5, 5.41) is 25.7. The molecule has 1 heterocycles. The highest BCUT2D eigenvalue weighted by Crippen LogP contribution is 2.30. The van der Waals surface area contributed by atoms with E-state index in [4.69, 9.17) is 19.7 Å². The standard InChI is InChI=1S/C26H30FN3O5/c27-21-4-3-19-13-18(1-2-20(19)14-21)16-30-8-7-23(17-30)29-26(33)28-22-5-6-24(34-11-9-31)25(15-22)35-12-10-32/h1-6,13-15,23,31-32H,7-12,16-17H2,(H2,28,29,33)/t23-/m1/s1. The molecule has 1 aliphatic heterocycles. The summed E-state index contributed by atoms with van der Waals surface area (Å²) in [5.74, 6) is 0.552. The van der Waals surface area contributed by atoms with Crippen molar-refractivity contribution < 1.29 is 28.9 Å². The van der Waals surface area contributed by atoms with Crippen LogP contribution in [0, 0.1) is 5.82 Å². The second-order valence-corrected chi connectivity index (χ2v) is 8.45. The maximum atomic E-state index is 13.4. The smallest absolute Gasteiger partial charge is 0.319 e. The van der Waals surface area contributed by atoms with Gasteiger partial charge in [-0.3, -0.25) is 4.90 Å². The molecule has 1 fully saturated rings. The van der Waals surface area contributed by atoms with Crippen LogP contribution in [0.2, 0.25) is 0 Å². The van der Waals surface area contributed by atoms with Crippen LogP contribution in [0.1, 0.15) is 12.0 Å². The summed E-state index contributed by atoms with van der Waals surface area (Å²) in [6.45, 7) is 2.24. The van der Waals surface area contributed by atoms with Crippen molar-refractivity contribution in [1.29, 1.82) is 0 Å². The molecule has 0 unspecified atom stereocenters. The van der Waals surface area contributed by atoms with E-state index in [9.17, 15) is 9.18 Å². The molecule has 0 radical (unpaired) electrons. The first-order valence-electron chi connectivity index (χ1n) is 11.6. The third-order valence-corrected chi connectivity index (χ3v) is 5.78. The van der Waals surface area contributed by atoms with E-state index in [0.717, 1.165) is 42.4 Å². The number of halogens is 1. The van der Waals surface area contributed by atoms with Gasteiger partial charge in [-0.1, -0.05) is 18.2 Å². The molecule has 0 bridgehead atoms. The Kier molecular flexibility index (Phi) is 8.36. The Balaban J connectivity index is 1.30. The summed E-state index contributed by atoms with van der Waals surface area (Å²) in [5.41, 5.74) is 1.67. The first-order chi connectivity index (χ1) is 17.0. The average Bonchev–Trinajstić information content (AvgIpc) is 3.28. The lowest BCUT2D eigenvalue weighted by Crippen LogP contribution is -2.39. The van der Waals surface area contributed by atoms with Gasteiger partial charge in [0.05, 0.1) is 13.2 Å². The first kappa shape index (κ1) is 24.7. The number of ether oxygens (including phenoxy) is 2. The summed E-state index contributed by atoms with van der Waals surface area (Å²) >= 11 is 0. The number of fused-ring (bicyclic) bond motifs is 1. The molecule has 0 aliphatic carbocycles. The van der Waals surface area contributed by atoms with E-state index in [1.54, 1.807) is 24.3 Å². The number of urea groups is 1. The van der Waals surface area contributed by atoms with Crippen LogP contribution in [-0.4, -0.2) is 66.7 Å². The van der Waals surface area contributed by atoms with E-state index in [-0.39, 0.29) is 44.3 Å². The number of rotatable bonds is 10. The average molecular weight is 484 g/mol. The van der Waals surface area contributed by atoms with E-state index in [2.05, 4.69) is 21.6 Å². The number of carbonyl (C=O) groups is 1. The van der Waals surface area contributed by atoms with Gasteiger partial charge in [0.15, 0.2) is 11.5 Å². The fraction of sp³-hybridized carbons (Fsp3) is 0.346. The number of hydrogen-bond donors (Lipinski definition) is 4. The molecule has 8 nitrogen and oxygen atoms in total. The number of anilines is 1. The molecule has 4 N–H and O–H groups in total. The second-order valence-electron chi connectivity index (χ2n) is 8.45. The van der Waals surface area contributed by atoms with E-state index in [1.807, 2.05) is 12.1 Å². The minimum Gasteiger partial charge on any atom is -0.487 e. The third-order valence-electron chi connectivity index (χ3n) is 5.78. The molecule has 2 amide bonds. The molecule has 35 heavy (non-hydrogen) atoms. The molecule has 0 saturated carbocycles. The molecule has 1 aliphatic rings. The van der Waals surface area contributed by atoms with Gasteiger partial charge in [-0.05, 0) is 53.1 Å². The van der Waals surface area contributed by atoms with Gasteiger partial charge in [0, 0.05) is 37.4 Å². The number of carbonyl (C=O) groups excluding carboxylic acids is 1. The molecule has 0 aromatic heterocycles. The molecule has 3 aromatic carbocycles. The lowest BCUT2D eigenvalue weighted by molar-refractivity contribution is 0.178. The molecule has 1 saturated heterocycles. The van der Waals surface area contributed by atoms with Crippen molar-refractivity contribution in [1.82, 2.24) is 10.2 Å². The quantitative estimate of drug-likeness (QED) is 0.353. The summed E-state index contributed by atoms with van der Waals surface area (Å²) in [7, 11) is 0. The minimum atomic E-state index is -0.318. The van der Waals surface area contributed by atoms with Gasteiger partial charge in [-0.15, -0.1) is 0 Å². The SMILES string of the molecule is O=C(Nc1ccc(OCCO)c(OCCO)c1)N[C@@H]1CCN(Cc2ccc3cc(F)ccc3c2)C1. The Morgan fingerprint density at radius 1 is 0.971 bits per heavy atom. The van der Waals surface area contributed by atoms with E-state index in [1.165, 1.54) is 12.1 Å². The van der Waals surface area contributed by atoms with Gasteiger partial charge in [0.2, 0.25) is 0 Å². The highest BCUT2D eigenvalue weighted by atomic mass is 19.1.